The number of carbonyl (C=O) groups excluding carboxylic acids is 1. The van der Waals surface area contributed by atoms with Gasteiger partial charge >= 0.3 is 6.18 Å². The zero-order valence-electron chi connectivity index (χ0n) is 20.2. The molecule has 11 heteroatoms. The predicted octanol–water partition coefficient (Wildman–Crippen LogP) is 4.84. The van der Waals surface area contributed by atoms with E-state index in [9.17, 15) is 28.1 Å². The van der Waals surface area contributed by atoms with Gasteiger partial charge in [0.05, 0.1) is 17.1 Å². The molecule has 2 unspecified atom stereocenters. The molecule has 3 fully saturated rings. The number of benzene rings is 2. The Balaban J connectivity index is 1.07. The Kier molecular flexibility index (Phi) is 6.98. The van der Waals surface area contributed by atoms with Crippen LogP contribution in [0.1, 0.15) is 37.7 Å². The molecule has 198 valence electrons. The van der Waals surface area contributed by atoms with E-state index in [4.69, 9.17) is 4.74 Å². The van der Waals surface area contributed by atoms with E-state index in [0.717, 1.165) is 25.1 Å². The average molecular weight is 519 g/mol. The quantitative estimate of drug-likeness (QED) is 0.417. The predicted molar refractivity (Wildman–Crippen MR) is 131 cm³/mol. The summed E-state index contributed by atoms with van der Waals surface area (Å²) in [5.74, 6) is 0.00557. The van der Waals surface area contributed by atoms with Gasteiger partial charge in [-0.1, -0.05) is 18.2 Å². The number of hydrogen-bond acceptors (Lipinski definition) is 6. The summed E-state index contributed by atoms with van der Waals surface area (Å²) >= 11 is 0. The Bertz CT molecular complexity index is 1140. The zero-order chi connectivity index (χ0) is 26.2. The monoisotopic (exact) mass is 518 g/mol. The lowest BCUT2D eigenvalue weighted by atomic mass is 9.92. The van der Waals surface area contributed by atoms with Gasteiger partial charge in [0, 0.05) is 42.6 Å². The SMILES string of the molecule is O=C(CO[C@H]1CC[C@H](Nc2ccc([N+](=O)[O-])c(C(F)(F)F)c2)CC1)N1CC2CC1CN2c1ccccc1. The van der Waals surface area contributed by atoms with Gasteiger partial charge in [-0.2, -0.15) is 13.2 Å². The summed E-state index contributed by atoms with van der Waals surface area (Å²) in [6.45, 7) is 1.57. The third kappa shape index (κ3) is 5.51. The van der Waals surface area contributed by atoms with Gasteiger partial charge in [0.2, 0.25) is 5.91 Å². The Labute approximate surface area is 212 Å². The highest BCUT2D eigenvalue weighted by atomic mass is 19.4. The van der Waals surface area contributed by atoms with Crippen LogP contribution in [0.4, 0.5) is 30.2 Å². The number of para-hydroxylation sites is 1. The molecule has 2 aliphatic heterocycles. The first-order valence-electron chi connectivity index (χ1n) is 12.5. The van der Waals surface area contributed by atoms with Crippen LogP contribution in [-0.2, 0) is 15.7 Å². The summed E-state index contributed by atoms with van der Waals surface area (Å²) in [4.78, 5) is 27.1. The molecule has 0 spiro atoms. The van der Waals surface area contributed by atoms with Crippen LogP contribution in [0.3, 0.4) is 0 Å². The summed E-state index contributed by atoms with van der Waals surface area (Å²) in [5.41, 5.74) is -0.836. The highest BCUT2D eigenvalue weighted by molar-refractivity contribution is 5.79. The minimum atomic E-state index is -4.81. The van der Waals surface area contributed by atoms with Crippen molar-refractivity contribution in [1.29, 1.82) is 0 Å². The van der Waals surface area contributed by atoms with E-state index < -0.39 is 22.4 Å². The number of anilines is 2. The lowest BCUT2D eigenvalue weighted by Gasteiger charge is -2.36. The number of alkyl halides is 3. The summed E-state index contributed by atoms with van der Waals surface area (Å²) in [5, 5.41) is 14.0. The van der Waals surface area contributed by atoms with E-state index in [-0.39, 0.29) is 36.4 Å². The zero-order valence-corrected chi connectivity index (χ0v) is 20.2. The van der Waals surface area contributed by atoms with Gasteiger partial charge in [-0.05, 0) is 56.4 Å². The number of carbonyl (C=O) groups is 1. The molecular formula is C26H29F3N4O4. The van der Waals surface area contributed by atoms with Gasteiger partial charge in [-0.3, -0.25) is 14.9 Å². The molecule has 2 atom stereocenters. The van der Waals surface area contributed by atoms with E-state index in [0.29, 0.717) is 38.3 Å². The molecule has 2 aromatic rings. The van der Waals surface area contributed by atoms with Crippen molar-refractivity contribution in [2.45, 2.75) is 62.5 Å². The molecular weight excluding hydrogens is 489 g/mol. The largest absolute Gasteiger partial charge is 0.423 e. The summed E-state index contributed by atoms with van der Waals surface area (Å²) in [7, 11) is 0. The molecule has 5 rings (SSSR count). The van der Waals surface area contributed by atoms with Gasteiger partial charge in [0.25, 0.3) is 5.69 Å². The van der Waals surface area contributed by atoms with Crippen LogP contribution in [-0.4, -0.2) is 59.7 Å². The van der Waals surface area contributed by atoms with Crippen LogP contribution < -0.4 is 10.2 Å². The fraction of sp³-hybridized carbons (Fsp3) is 0.500. The van der Waals surface area contributed by atoms with Gasteiger partial charge in [0.1, 0.15) is 12.2 Å². The maximum absolute atomic E-state index is 13.2. The molecule has 2 bridgehead atoms. The summed E-state index contributed by atoms with van der Waals surface area (Å²) in [6.07, 6.45) is -1.24. The number of nitrogens with one attached hydrogen (secondary N) is 1. The van der Waals surface area contributed by atoms with Crippen molar-refractivity contribution in [2.24, 2.45) is 0 Å². The molecule has 2 heterocycles. The maximum atomic E-state index is 13.2. The van der Waals surface area contributed by atoms with Crippen LogP contribution in [0.2, 0.25) is 0 Å². The van der Waals surface area contributed by atoms with Gasteiger partial charge in [0.15, 0.2) is 0 Å². The molecule has 1 saturated carbocycles. The Morgan fingerprint density at radius 2 is 1.78 bits per heavy atom. The van der Waals surface area contributed by atoms with Crippen molar-refractivity contribution in [3.8, 4) is 0 Å². The number of fused-ring (bicyclic) bond motifs is 2. The van der Waals surface area contributed by atoms with Crippen molar-refractivity contribution in [2.75, 3.05) is 29.9 Å². The molecule has 37 heavy (non-hydrogen) atoms. The molecule has 1 amide bonds. The summed E-state index contributed by atoms with van der Waals surface area (Å²) in [6, 6.07) is 13.7. The van der Waals surface area contributed by atoms with Crippen molar-refractivity contribution in [3.05, 3.63) is 64.2 Å². The van der Waals surface area contributed by atoms with Gasteiger partial charge < -0.3 is 19.9 Å². The van der Waals surface area contributed by atoms with Crippen LogP contribution in [0, 0.1) is 10.1 Å². The maximum Gasteiger partial charge on any atom is 0.423 e. The third-order valence-corrected chi connectivity index (χ3v) is 7.63. The number of nitro groups is 1. The Morgan fingerprint density at radius 1 is 1.05 bits per heavy atom. The fourth-order valence-electron chi connectivity index (χ4n) is 5.80. The number of amides is 1. The lowest BCUT2D eigenvalue weighted by Crippen LogP contribution is -2.50. The first-order chi connectivity index (χ1) is 17.7. The third-order valence-electron chi connectivity index (χ3n) is 7.63. The topological polar surface area (TPSA) is 87.9 Å². The van der Waals surface area contributed by atoms with Crippen molar-refractivity contribution < 1.29 is 27.6 Å². The van der Waals surface area contributed by atoms with Crippen molar-refractivity contribution in [3.63, 3.8) is 0 Å². The lowest BCUT2D eigenvalue weighted by molar-refractivity contribution is -0.388. The smallest absolute Gasteiger partial charge is 0.382 e. The second kappa shape index (κ2) is 10.2. The van der Waals surface area contributed by atoms with Crippen LogP contribution in [0.25, 0.3) is 0 Å². The number of ether oxygens (including phenoxy) is 1. The molecule has 2 aromatic carbocycles. The van der Waals surface area contributed by atoms with Crippen LogP contribution in [0.15, 0.2) is 48.5 Å². The van der Waals surface area contributed by atoms with E-state index in [1.807, 2.05) is 23.1 Å². The number of halogens is 3. The molecule has 1 N–H and O–H groups in total. The van der Waals surface area contributed by atoms with Gasteiger partial charge in [-0.15, -0.1) is 0 Å². The highest BCUT2D eigenvalue weighted by Crippen LogP contribution is 2.38. The minimum absolute atomic E-state index is 0.00557. The highest BCUT2D eigenvalue weighted by Gasteiger charge is 2.45. The molecule has 2 saturated heterocycles. The molecule has 1 aliphatic carbocycles. The minimum Gasteiger partial charge on any atom is -0.382 e. The first kappa shape index (κ1) is 25.3. The van der Waals surface area contributed by atoms with E-state index >= 15 is 0 Å². The Morgan fingerprint density at radius 3 is 2.41 bits per heavy atom. The second-order valence-corrected chi connectivity index (χ2v) is 9.99. The number of nitro benzene ring substituents is 1. The van der Waals surface area contributed by atoms with E-state index in [1.165, 1.54) is 11.8 Å². The average Bonchev–Trinajstić information content (AvgIpc) is 3.49. The number of piperazine rings is 1. The number of rotatable bonds is 7. The first-order valence-corrected chi connectivity index (χ1v) is 12.5. The van der Waals surface area contributed by atoms with Crippen LogP contribution >= 0.6 is 0 Å². The van der Waals surface area contributed by atoms with E-state index in [2.05, 4.69) is 22.3 Å². The van der Waals surface area contributed by atoms with Crippen LogP contribution in [0.5, 0.6) is 0 Å². The molecule has 0 radical (unpaired) electrons. The van der Waals surface area contributed by atoms with E-state index in [1.54, 1.807) is 0 Å². The standard InChI is InChI=1S/C26H29F3N4O4/c27-26(28,29)23-12-18(8-11-24(23)33(35)36)30-17-6-9-22(10-7-17)37-16-25(34)32-15-20-13-21(32)14-31(20)19-4-2-1-3-5-19/h1-5,8,11-12,17,20-22,30H,6-7,9-10,13-16H2/t17-,20?,21?,22-. The molecule has 3 aliphatic rings. The second-order valence-electron chi connectivity index (χ2n) is 9.99. The number of nitrogens with zero attached hydrogens (tertiary/aromatic N) is 3. The summed E-state index contributed by atoms with van der Waals surface area (Å²) < 4.78 is 45.7. The van der Waals surface area contributed by atoms with Crippen molar-refractivity contribution in [1.82, 2.24) is 4.90 Å². The normalized spacial score (nSPS) is 25.4. The Hall–Kier alpha value is -3.34. The molecule has 0 aromatic heterocycles. The van der Waals surface area contributed by atoms with Crippen molar-refractivity contribution >= 4 is 23.0 Å². The number of hydrogen-bond donors (Lipinski definition) is 1. The van der Waals surface area contributed by atoms with Gasteiger partial charge in [-0.25, -0.2) is 0 Å². The molecule has 8 nitrogen and oxygen atoms in total. The number of likely N-dealkylation sites (tertiary alicyclic amines) is 1. The fourth-order valence-corrected chi connectivity index (χ4v) is 5.80.